The second kappa shape index (κ2) is 6.62. The Labute approximate surface area is 131 Å². The molecule has 0 saturated carbocycles. The van der Waals surface area contributed by atoms with E-state index in [1.165, 1.54) is 36.1 Å². The van der Waals surface area contributed by atoms with E-state index in [1.54, 1.807) is 6.07 Å². The zero-order valence-corrected chi connectivity index (χ0v) is 14.3. The van der Waals surface area contributed by atoms with Gasteiger partial charge in [0.15, 0.2) is 9.84 Å². The minimum absolute atomic E-state index is 0.418. The molecular formula is C16H21NO2S2. The fraction of sp³-hybridized carbons (Fsp3) is 0.375. The van der Waals surface area contributed by atoms with Gasteiger partial charge >= 0.3 is 0 Å². The number of rotatable bonds is 6. The van der Waals surface area contributed by atoms with Crippen molar-refractivity contribution in [1.29, 1.82) is 0 Å². The molecule has 21 heavy (non-hydrogen) atoms. The first-order chi connectivity index (χ1) is 9.91. The molecule has 1 heterocycles. The maximum atomic E-state index is 11.5. The summed E-state index contributed by atoms with van der Waals surface area (Å²) in [7, 11) is -1.02. The second-order valence-corrected chi connectivity index (χ2v) is 8.54. The third kappa shape index (κ3) is 4.08. The van der Waals surface area contributed by atoms with Crippen LogP contribution in [0.1, 0.15) is 19.8 Å². The van der Waals surface area contributed by atoms with Crippen molar-refractivity contribution >= 4 is 26.9 Å². The van der Waals surface area contributed by atoms with Crippen molar-refractivity contribution in [3.63, 3.8) is 0 Å². The fourth-order valence-corrected chi connectivity index (χ4v) is 4.01. The van der Waals surface area contributed by atoms with E-state index >= 15 is 0 Å². The van der Waals surface area contributed by atoms with E-state index in [0.29, 0.717) is 4.21 Å². The molecule has 5 heteroatoms. The Kier molecular flexibility index (Phi) is 5.06. The van der Waals surface area contributed by atoms with E-state index in [2.05, 4.69) is 43.1 Å². The Morgan fingerprint density at radius 2 is 1.76 bits per heavy atom. The molecule has 0 atom stereocenters. The Bertz CT molecular complexity index is 687. The monoisotopic (exact) mass is 323 g/mol. The van der Waals surface area contributed by atoms with Gasteiger partial charge in [0.05, 0.1) is 0 Å². The van der Waals surface area contributed by atoms with Crippen LogP contribution < -0.4 is 4.90 Å². The van der Waals surface area contributed by atoms with Gasteiger partial charge in [-0.25, -0.2) is 8.42 Å². The highest BCUT2D eigenvalue weighted by Gasteiger charge is 2.11. The van der Waals surface area contributed by atoms with Gasteiger partial charge in [0, 0.05) is 30.4 Å². The maximum absolute atomic E-state index is 11.5. The molecule has 2 rings (SSSR count). The predicted molar refractivity (Wildman–Crippen MR) is 91.0 cm³/mol. The number of sulfone groups is 1. The Hall–Kier alpha value is -1.33. The molecule has 0 spiro atoms. The van der Waals surface area contributed by atoms with Gasteiger partial charge in [-0.05, 0) is 36.2 Å². The lowest BCUT2D eigenvalue weighted by Gasteiger charge is -2.19. The van der Waals surface area contributed by atoms with Gasteiger partial charge in [-0.3, -0.25) is 0 Å². The summed E-state index contributed by atoms with van der Waals surface area (Å²) in [6, 6.07) is 11.8. The predicted octanol–water partition coefficient (Wildman–Crippen LogP) is 4.05. The molecule has 1 aromatic heterocycles. The Morgan fingerprint density at radius 3 is 2.29 bits per heavy atom. The number of anilines is 1. The van der Waals surface area contributed by atoms with Crippen molar-refractivity contribution in [2.24, 2.45) is 0 Å². The van der Waals surface area contributed by atoms with Crippen molar-refractivity contribution in [3.8, 4) is 10.4 Å². The highest BCUT2D eigenvalue weighted by Crippen LogP contribution is 2.31. The minimum Gasteiger partial charge on any atom is -0.375 e. The standard InChI is InChI=1S/C16H21NO2S2/c1-4-5-12-17(2)14-8-6-13(7-9-14)15-10-11-16(20-15)21(3,18)19/h6-11H,4-5,12H2,1-3H3. The molecule has 0 aliphatic rings. The van der Waals surface area contributed by atoms with Crippen LogP contribution in [0.25, 0.3) is 10.4 Å². The lowest BCUT2D eigenvalue weighted by Crippen LogP contribution is -2.17. The van der Waals surface area contributed by atoms with E-state index in [9.17, 15) is 8.42 Å². The van der Waals surface area contributed by atoms with Crippen LogP contribution in [0.4, 0.5) is 5.69 Å². The van der Waals surface area contributed by atoms with E-state index < -0.39 is 9.84 Å². The first kappa shape index (κ1) is 16.0. The number of nitrogens with zero attached hydrogens (tertiary/aromatic N) is 1. The third-order valence-electron chi connectivity index (χ3n) is 3.39. The number of benzene rings is 1. The molecule has 0 bridgehead atoms. The normalized spacial score (nSPS) is 11.6. The SMILES string of the molecule is CCCCN(C)c1ccc(-c2ccc(S(C)(=O)=O)s2)cc1. The Balaban J connectivity index is 2.17. The minimum atomic E-state index is -3.11. The summed E-state index contributed by atoms with van der Waals surface area (Å²) in [5.74, 6) is 0. The molecule has 0 aliphatic heterocycles. The summed E-state index contributed by atoms with van der Waals surface area (Å²) < 4.78 is 23.5. The van der Waals surface area contributed by atoms with E-state index in [1.807, 2.05) is 6.07 Å². The van der Waals surface area contributed by atoms with Gasteiger partial charge in [0.1, 0.15) is 4.21 Å². The van der Waals surface area contributed by atoms with Crippen LogP contribution in [0.3, 0.4) is 0 Å². The van der Waals surface area contributed by atoms with Gasteiger partial charge in [0.25, 0.3) is 0 Å². The van der Waals surface area contributed by atoms with Crippen LogP contribution in [0, 0.1) is 0 Å². The van der Waals surface area contributed by atoms with Gasteiger partial charge in [-0.15, -0.1) is 11.3 Å². The van der Waals surface area contributed by atoms with Crippen LogP contribution in [-0.4, -0.2) is 28.3 Å². The highest BCUT2D eigenvalue weighted by atomic mass is 32.2. The van der Waals surface area contributed by atoms with Crippen LogP contribution in [-0.2, 0) is 9.84 Å². The van der Waals surface area contributed by atoms with Gasteiger partial charge in [-0.1, -0.05) is 25.5 Å². The molecular weight excluding hydrogens is 302 g/mol. The molecule has 0 radical (unpaired) electrons. The highest BCUT2D eigenvalue weighted by molar-refractivity contribution is 7.92. The second-order valence-electron chi connectivity index (χ2n) is 5.21. The molecule has 0 unspecified atom stereocenters. The molecule has 2 aromatic rings. The number of hydrogen-bond acceptors (Lipinski definition) is 4. The van der Waals surface area contributed by atoms with Crippen molar-refractivity contribution in [2.45, 2.75) is 24.0 Å². The summed E-state index contributed by atoms with van der Waals surface area (Å²) >= 11 is 1.32. The van der Waals surface area contributed by atoms with Gasteiger partial charge in [-0.2, -0.15) is 0 Å². The van der Waals surface area contributed by atoms with Crippen molar-refractivity contribution < 1.29 is 8.42 Å². The Morgan fingerprint density at radius 1 is 1.10 bits per heavy atom. The van der Waals surface area contributed by atoms with Crippen molar-refractivity contribution in [3.05, 3.63) is 36.4 Å². The van der Waals surface area contributed by atoms with Crippen LogP contribution in [0.5, 0.6) is 0 Å². The zero-order valence-electron chi connectivity index (χ0n) is 12.7. The lowest BCUT2D eigenvalue weighted by molar-refractivity contribution is 0.604. The number of unbranched alkanes of at least 4 members (excludes halogenated alkanes) is 1. The summed E-state index contributed by atoms with van der Waals surface area (Å²) in [5.41, 5.74) is 2.25. The lowest BCUT2D eigenvalue weighted by atomic mass is 10.1. The smallest absolute Gasteiger partial charge is 0.184 e. The van der Waals surface area contributed by atoms with Crippen LogP contribution >= 0.6 is 11.3 Å². The first-order valence-electron chi connectivity index (χ1n) is 7.03. The molecule has 0 aliphatic carbocycles. The average Bonchev–Trinajstić information content (AvgIpc) is 2.95. The molecule has 0 saturated heterocycles. The number of hydrogen-bond donors (Lipinski definition) is 0. The largest absolute Gasteiger partial charge is 0.375 e. The number of thiophene rings is 1. The summed E-state index contributed by atoms with van der Waals surface area (Å²) in [4.78, 5) is 3.22. The van der Waals surface area contributed by atoms with E-state index in [4.69, 9.17) is 0 Å². The van der Waals surface area contributed by atoms with Crippen molar-refractivity contribution in [1.82, 2.24) is 0 Å². The van der Waals surface area contributed by atoms with Crippen molar-refractivity contribution in [2.75, 3.05) is 24.7 Å². The molecule has 114 valence electrons. The van der Waals surface area contributed by atoms with E-state index in [-0.39, 0.29) is 0 Å². The summed E-state index contributed by atoms with van der Waals surface area (Å²) in [6.07, 6.45) is 3.61. The molecule has 0 amide bonds. The van der Waals surface area contributed by atoms with Crippen LogP contribution in [0.2, 0.25) is 0 Å². The average molecular weight is 323 g/mol. The quantitative estimate of drug-likeness (QED) is 0.804. The third-order valence-corrected chi connectivity index (χ3v) is 6.34. The zero-order chi connectivity index (χ0) is 15.5. The molecule has 0 fully saturated rings. The first-order valence-corrected chi connectivity index (χ1v) is 9.74. The fourth-order valence-electron chi connectivity index (χ4n) is 2.08. The van der Waals surface area contributed by atoms with E-state index in [0.717, 1.165) is 17.0 Å². The molecule has 0 N–H and O–H groups in total. The van der Waals surface area contributed by atoms with Gasteiger partial charge in [0.2, 0.25) is 0 Å². The maximum Gasteiger partial charge on any atom is 0.184 e. The molecule has 1 aromatic carbocycles. The van der Waals surface area contributed by atoms with Gasteiger partial charge < -0.3 is 4.90 Å². The topological polar surface area (TPSA) is 37.4 Å². The summed E-state index contributed by atoms with van der Waals surface area (Å²) in [5, 5.41) is 0. The molecule has 3 nitrogen and oxygen atoms in total. The van der Waals surface area contributed by atoms with Crippen LogP contribution in [0.15, 0.2) is 40.6 Å². The summed E-state index contributed by atoms with van der Waals surface area (Å²) in [6.45, 7) is 3.24.